The van der Waals surface area contributed by atoms with E-state index in [0.717, 1.165) is 32.4 Å². The first-order valence-electron chi connectivity index (χ1n) is 7.96. The molecule has 1 fully saturated rings. The Bertz CT molecular complexity index is 630. The molecule has 0 saturated carbocycles. The van der Waals surface area contributed by atoms with Crippen molar-refractivity contribution >= 4 is 10.0 Å². The van der Waals surface area contributed by atoms with Gasteiger partial charge in [0.15, 0.2) is 0 Å². The fourth-order valence-corrected chi connectivity index (χ4v) is 4.27. The highest BCUT2D eigenvalue weighted by Crippen LogP contribution is 2.24. The number of sulfonamides is 1. The predicted octanol–water partition coefficient (Wildman–Crippen LogP) is 1.17. The maximum Gasteiger partial charge on any atom is 0.240 e. The Balaban J connectivity index is 1.67. The van der Waals surface area contributed by atoms with Crippen molar-refractivity contribution in [2.45, 2.75) is 36.7 Å². The summed E-state index contributed by atoms with van der Waals surface area (Å²) in [5.74, 6) is 0. The van der Waals surface area contributed by atoms with Crippen molar-refractivity contribution in [3.05, 3.63) is 29.3 Å². The lowest BCUT2D eigenvalue weighted by Gasteiger charge is -2.30. The van der Waals surface area contributed by atoms with E-state index in [9.17, 15) is 8.42 Å². The molecule has 0 spiro atoms. The molecule has 1 unspecified atom stereocenters. The molecule has 1 N–H and O–H groups in total. The molecular formula is C16H24N2O3S. The monoisotopic (exact) mass is 324 g/mol. The van der Waals surface area contributed by atoms with Crippen molar-refractivity contribution in [1.82, 2.24) is 9.62 Å². The van der Waals surface area contributed by atoms with Crippen molar-refractivity contribution in [3.8, 4) is 0 Å². The number of hydrogen-bond donors (Lipinski definition) is 1. The minimum absolute atomic E-state index is 0.0776. The van der Waals surface area contributed by atoms with Gasteiger partial charge in [-0.3, -0.25) is 0 Å². The summed E-state index contributed by atoms with van der Waals surface area (Å²) in [5, 5.41) is 0. The number of hydrogen-bond acceptors (Lipinski definition) is 4. The summed E-state index contributed by atoms with van der Waals surface area (Å²) in [6.07, 6.45) is 4.31. The van der Waals surface area contributed by atoms with Gasteiger partial charge >= 0.3 is 0 Å². The van der Waals surface area contributed by atoms with Gasteiger partial charge in [-0.05, 0) is 56.0 Å². The molecule has 2 aliphatic rings. The fourth-order valence-electron chi connectivity index (χ4n) is 3.15. The van der Waals surface area contributed by atoms with Gasteiger partial charge < -0.3 is 9.64 Å². The number of ether oxygens (including phenoxy) is 1. The number of benzene rings is 1. The second-order valence-corrected chi connectivity index (χ2v) is 8.01. The molecule has 1 aliphatic heterocycles. The van der Waals surface area contributed by atoms with Crippen molar-refractivity contribution in [1.29, 1.82) is 0 Å². The molecule has 22 heavy (non-hydrogen) atoms. The van der Waals surface area contributed by atoms with Gasteiger partial charge in [0, 0.05) is 19.6 Å². The molecule has 0 amide bonds. The van der Waals surface area contributed by atoms with Crippen LogP contribution in [0.25, 0.3) is 0 Å². The quantitative estimate of drug-likeness (QED) is 0.903. The largest absolute Gasteiger partial charge is 0.374 e. The van der Waals surface area contributed by atoms with Gasteiger partial charge in [0.2, 0.25) is 10.0 Å². The van der Waals surface area contributed by atoms with E-state index >= 15 is 0 Å². The summed E-state index contributed by atoms with van der Waals surface area (Å²) in [4.78, 5) is 2.53. The number of morpholine rings is 1. The average Bonchev–Trinajstić information content (AvgIpc) is 2.53. The molecule has 0 bridgehead atoms. The molecule has 0 radical (unpaired) electrons. The first-order valence-corrected chi connectivity index (χ1v) is 9.44. The molecule has 1 saturated heterocycles. The summed E-state index contributed by atoms with van der Waals surface area (Å²) >= 11 is 0. The molecule has 1 heterocycles. The van der Waals surface area contributed by atoms with Crippen LogP contribution in [0.1, 0.15) is 24.0 Å². The molecule has 1 atom stereocenters. The Labute approximate surface area is 132 Å². The summed E-state index contributed by atoms with van der Waals surface area (Å²) in [5.41, 5.74) is 2.48. The number of aryl methyl sites for hydroxylation is 2. The number of nitrogens with one attached hydrogen (secondary N) is 1. The SMILES string of the molecule is CN1CCOC(CNS(=O)(=O)c2ccc3c(c2)CCCC3)C1. The van der Waals surface area contributed by atoms with Crippen LogP contribution in [0.15, 0.2) is 23.1 Å². The van der Waals surface area contributed by atoms with Crippen molar-refractivity contribution < 1.29 is 13.2 Å². The molecule has 1 aromatic rings. The molecule has 122 valence electrons. The van der Waals surface area contributed by atoms with Crippen LogP contribution in [0.2, 0.25) is 0 Å². The number of rotatable bonds is 4. The average molecular weight is 324 g/mol. The zero-order valence-electron chi connectivity index (χ0n) is 13.0. The third-order valence-electron chi connectivity index (χ3n) is 4.47. The van der Waals surface area contributed by atoms with E-state index in [-0.39, 0.29) is 6.10 Å². The normalized spacial score (nSPS) is 23.2. The van der Waals surface area contributed by atoms with Crippen LogP contribution in [0.5, 0.6) is 0 Å². The maximum atomic E-state index is 12.5. The van der Waals surface area contributed by atoms with E-state index < -0.39 is 10.0 Å². The smallest absolute Gasteiger partial charge is 0.240 e. The highest BCUT2D eigenvalue weighted by molar-refractivity contribution is 7.89. The van der Waals surface area contributed by atoms with Crippen molar-refractivity contribution in [3.63, 3.8) is 0 Å². The van der Waals surface area contributed by atoms with Crippen LogP contribution in [0, 0.1) is 0 Å². The highest BCUT2D eigenvalue weighted by Gasteiger charge is 2.22. The first-order chi connectivity index (χ1) is 10.5. The topological polar surface area (TPSA) is 58.6 Å². The first kappa shape index (κ1) is 15.9. The second-order valence-electron chi connectivity index (χ2n) is 6.24. The standard InChI is InChI=1S/C16H24N2O3S/c1-18-8-9-21-15(12-18)11-17-22(19,20)16-7-6-13-4-2-3-5-14(13)10-16/h6-7,10,15,17H,2-5,8-9,11-12H2,1H3. The number of likely N-dealkylation sites (N-methyl/N-ethyl adjacent to an activating group) is 1. The summed E-state index contributed by atoms with van der Waals surface area (Å²) in [6.45, 7) is 2.63. The van der Waals surface area contributed by atoms with E-state index in [2.05, 4.69) is 9.62 Å². The van der Waals surface area contributed by atoms with Gasteiger partial charge in [-0.1, -0.05) is 6.07 Å². The van der Waals surface area contributed by atoms with Gasteiger partial charge in [-0.15, -0.1) is 0 Å². The molecule has 3 rings (SSSR count). The van der Waals surface area contributed by atoms with Crippen LogP contribution in [-0.4, -0.2) is 52.7 Å². The molecule has 1 aliphatic carbocycles. The van der Waals surface area contributed by atoms with E-state index in [1.54, 1.807) is 6.07 Å². The lowest BCUT2D eigenvalue weighted by Crippen LogP contribution is -2.45. The predicted molar refractivity (Wildman–Crippen MR) is 85.5 cm³/mol. The van der Waals surface area contributed by atoms with Gasteiger partial charge in [0.05, 0.1) is 17.6 Å². The van der Waals surface area contributed by atoms with E-state index in [1.165, 1.54) is 17.5 Å². The van der Waals surface area contributed by atoms with Crippen LogP contribution in [0.3, 0.4) is 0 Å². The molecule has 6 heteroatoms. The molecule has 0 aromatic heterocycles. The van der Waals surface area contributed by atoms with Crippen molar-refractivity contribution in [2.75, 3.05) is 33.3 Å². The van der Waals surface area contributed by atoms with Gasteiger partial charge in [-0.25, -0.2) is 13.1 Å². The van der Waals surface area contributed by atoms with Crippen LogP contribution < -0.4 is 4.72 Å². The Morgan fingerprint density at radius 2 is 2.05 bits per heavy atom. The summed E-state index contributed by atoms with van der Waals surface area (Å²) in [7, 11) is -1.44. The zero-order chi connectivity index (χ0) is 15.6. The lowest BCUT2D eigenvalue weighted by atomic mass is 9.92. The molecule has 5 nitrogen and oxygen atoms in total. The van der Waals surface area contributed by atoms with Crippen molar-refractivity contribution in [2.24, 2.45) is 0 Å². The molecular weight excluding hydrogens is 300 g/mol. The highest BCUT2D eigenvalue weighted by atomic mass is 32.2. The lowest BCUT2D eigenvalue weighted by molar-refractivity contribution is -0.0156. The fraction of sp³-hybridized carbons (Fsp3) is 0.625. The van der Waals surface area contributed by atoms with E-state index in [0.29, 0.717) is 18.0 Å². The van der Waals surface area contributed by atoms with Crippen LogP contribution in [-0.2, 0) is 27.6 Å². The number of nitrogens with zero attached hydrogens (tertiary/aromatic N) is 1. The summed E-state index contributed by atoms with van der Waals surface area (Å²) < 4.78 is 33.2. The Hall–Kier alpha value is -0.950. The van der Waals surface area contributed by atoms with Gasteiger partial charge in [0.25, 0.3) is 0 Å². The third-order valence-corrected chi connectivity index (χ3v) is 5.89. The maximum absolute atomic E-state index is 12.5. The minimum atomic E-state index is -3.46. The number of fused-ring (bicyclic) bond motifs is 1. The van der Waals surface area contributed by atoms with E-state index in [1.807, 2.05) is 19.2 Å². The third kappa shape index (κ3) is 3.68. The Morgan fingerprint density at radius 1 is 1.27 bits per heavy atom. The van der Waals surface area contributed by atoms with Gasteiger partial charge in [-0.2, -0.15) is 0 Å². The minimum Gasteiger partial charge on any atom is -0.374 e. The zero-order valence-corrected chi connectivity index (χ0v) is 13.9. The van der Waals surface area contributed by atoms with Crippen LogP contribution in [0.4, 0.5) is 0 Å². The van der Waals surface area contributed by atoms with Gasteiger partial charge in [0.1, 0.15) is 0 Å². The van der Waals surface area contributed by atoms with Crippen LogP contribution >= 0.6 is 0 Å². The Morgan fingerprint density at radius 3 is 2.82 bits per heavy atom. The molecule has 1 aromatic carbocycles. The Kier molecular flexibility index (Phi) is 4.82. The summed E-state index contributed by atoms with van der Waals surface area (Å²) in [6, 6.07) is 5.53. The van der Waals surface area contributed by atoms with E-state index in [4.69, 9.17) is 4.74 Å². The second kappa shape index (κ2) is 6.66.